The Morgan fingerprint density at radius 1 is 0.967 bits per heavy atom. The van der Waals surface area contributed by atoms with E-state index in [0.717, 1.165) is 43.9 Å². The molecule has 0 radical (unpaired) electrons. The van der Waals surface area contributed by atoms with Crippen LogP contribution in [0.2, 0.25) is 5.02 Å². The van der Waals surface area contributed by atoms with Crippen LogP contribution in [0.25, 0.3) is 0 Å². The maximum absolute atomic E-state index is 13.5. The van der Waals surface area contributed by atoms with E-state index < -0.39 is 0 Å². The molecule has 0 aliphatic carbocycles. The van der Waals surface area contributed by atoms with Gasteiger partial charge in [-0.25, -0.2) is 4.98 Å². The summed E-state index contributed by atoms with van der Waals surface area (Å²) in [5.74, 6) is 1.18. The molecule has 0 spiro atoms. The maximum atomic E-state index is 13.5. The van der Waals surface area contributed by atoms with E-state index in [2.05, 4.69) is 22.0 Å². The monoisotopic (exact) mass is 419 g/mol. The van der Waals surface area contributed by atoms with Gasteiger partial charge in [-0.15, -0.1) is 0 Å². The van der Waals surface area contributed by atoms with E-state index in [1.165, 1.54) is 5.56 Å². The van der Waals surface area contributed by atoms with E-state index in [4.69, 9.17) is 11.6 Å². The van der Waals surface area contributed by atoms with Crippen molar-refractivity contribution in [3.63, 3.8) is 0 Å². The van der Waals surface area contributed by atoms with Gasteiger partial charge in [-0.3, -0.25) is 4.79 Å². The highest BCUT2D eigenvalue weighted by Gasteiger charge is 2.29. The number of halogens is 1. The zero-order valence-electron chi connectivity index (χ0n) is 17.0. The highest BCUT2D eigenvalue weighted by Crippen LogP contribution is 2.26. The Morgan fingerprint density at radius 2 is 1.63 bits per heavy atom. The van der Waals surface area contributed by atoms with Gasteiger partial charge in [-0.1, -0.05) is 60.1 Å². The number of piperidine rings is 1. The number of nitrogens with zero attached hydrogens (tertiary/aromatic N) is 3. The Labute approximate surface area is 183 Å². The number of carbonyl (C=O) groups is 1. The minimum atomic E-state index is 0.0320. The van der Waals surface area contributed by atoms with E-state index >= 15 is 0 Å². The van der Waals surface area contributed by atoms with Gasteiger partial charge in [0.1, 0.15) is 5.82 Å². The third-order valence-corrected chi connectivity index (χ3v) is 5.90. The number of carbonyl (C=O) groups excluding carboxylic acids is 1. The van der Waals surface area contributed by atoms with Crippen molar-refractivity contribution in [3.8, 4) is 0 Å². The van der Waals surface area contributed by atoms with E-state index in [1.54, 1.807) is 6.20 Å². The second kappa shape index (κ2) is 9.77. The fraction of sp³-hybridized carbons (Fsp3) is 0.280. The summed E-state index contributed by atoms with van der Waals surface area (Å²) in [6.07, 6.45) is 4.18. The van der Waals surface area contributed by atoms with E-state index in [1.807, 2.05) is 65.6 Å². The summed E-state index contributed by atoms with van der Waals surface area (Å²) in [4.78, 5) is 22.1. The summed E-state index contributed by atoms with van der Waals surface area (Å²) < 4.78 is 0. The minimum absolute atomic E-state index is 0.0320. The first-order valence-electron chi connectivity index (χ1n) is 10.5. The second-order valence-electron chi connectivity index (χ2n) is 7.66. The van der Waals surface area contributed by atoms with Crippen molar-refractivity contribution in [1.82, 2.24) is 4.98 Å². The SMILES string of the molecule is O=C(C1CCN(c2ccc(Cl)cn2)CC1)N(CCc1ccccc1)c1ccccc1. The quantitative estimate of drug-likeness (QED) is 0.549. The average Bonchev–Trinajstić information content (AvgIpc) is 2.81. The number of anilines is 2. The van der Waals surface area contributed by atoms with Crippen molar-refractivity contribution < 1.29 is 4.79 Å². The third-order valence-electron chi connectivity index (χ3n) is 5.68. The molecule has 0 atom stereocenters. The number of aromatic nitrogens is 1. The van der Waals surface area contributed by atoms with E-state index in [-0.39, 0.29) is 11.8 Å². The second-order valence-corrected chi connectivity index (χ2v) is 8.09. The molecule has 0 N–H and O–H groups in total. The average molecular weight is 420 g/mol. The molecule has 1 aromatic heterocycles. The van der Waals surface area contributed by atoms with Crippen LogP contribution in [0, 0.1) is 5.92 Å². The van der Waals surface area contributed by atoms with Gasteiger partial charge in [0, 0.05) is 37.4 Å². The summed E-state index contributed by atoms with van der Waals surface area (Å²) in [5.41, 5.74) is 2.22. The summed E-state index contributed by atoms with van der Waals surface area (Å²) in [7, 11) is 0. The predicted octanol–water partition coefficient (Wildman–Crippen LogP) is 5.23. The molecule has 4 nitrogen and oxygen atoms in total. The molecule has 1 aliphatic rings. The number of benzene rings is 2. The normalized spacial score (nSPS) is 14.5. The van der Waals surface area contributed by atoms with Crippen LogP contribution in [-0.4, -0.2) is 30.5 Å². The van der Waals surface area contributed by atoms with Crippen molar-refractivity contribution in [2.75, 3.05) is 29.4 Å². The van der Waals surface area contributed by atoms with Crippen LogP contribution >= 0.6 is 11.6 Å². The molecular weight excluding hydrogens is 394 g/mol. The van der Waals surface area contributed by atoms with Crippen molar-refractivity contribution in [1.29, 1.82) is 0 Å². The highest BCUT2D eigenvalue weighted by molar-refractivity contribution is 6.30. The molecule has 1 saturated heterocycles. The lowest BCUT2D eigenvalue weighted by Crippen LogP contribution is -2.43. The molecule has 3 aromatic rings. The molecular formula is C25H26ClN3O. The molecule has 5 heteroatoms. The molecule has 4 rings (SSSR count). The first-order valence-corrected chi connectivity index (χ1v) is 10.9. The standard InChI is InChI=1S/C25H26ClN3O/c26-22-11-12-24(27-19-22)28-16-14-21(15-17-28)25(30)29(23-9-5-2-6-10-23)18-13-20-7-3-1-4-8-20/h1-12,19,21H,13-18H2. The molecule has 1 fully saturated rings. The van der Waals surface area contributed by atoms with Gasteiger partial charge in [0.25, 0.3) is 0 Å². The van der Waals surface area contributed by atoms with Crippen molar-refractivity contribution in [2.45, 2.75) is 19.3 Å². The number of rotatable bonds is 6. The van der Waals surface area contributed by atoms with Crippen LogP contribution < -0.4 is 9.80 Å². The van der Waals surface area contributed by atoms with Gasteiger partial charge in [-0.2, -0.15) is 0 Å². The molecule has 154 valence electrons. The highest BCUT2D eigenvalue weighted by atomic mass is 35.5. The van der Waals surface area contributed by atoms with Gasteiger partial charge in [0.15, 0.2) is 0 Å². The summed E-state index contributed by atoms with van der Waals surface area (Å²) in [5, 5.41) is 0.640. The predicted molar refractivity (Wildman–Crippen MR) is 123 cm³/mol. The fourth-order valence-corrected chi connectivity index (χ4v) is 4.10. The van der Waals surface area contributed by atoms with Crippen LogP contribution in [0.5, 0.6) is 0 Å². The van der Waals surface area contributed by atoms with Crippen LogP contribution in [0.1, 0.15) is 18.4 Å². The Balaban J connectivity index is 1.43. The van der Waals surface area contributed by atoms with Gasteiger partial charge >= 0.3 is 0 Å². The van der Waals surface area contributed by atoms with Crippen molar-refractivity contribution >= 4 is 29.0 Å². The Morgan fingerprint density at radius 3 is 2.27 bits per heavy atom. The van der Waals surface area contributed by atoms with Crippen molar-refractivity contribution in [2.24, 2.45) is 5.92 Å². The molecule has 30 heavy (non-hydrogen) atoms. The number of amides is 1. The van der Waals surface area contributed by atoms with Crippen LogP contribution in [-0.2, 0) is 11.2 Å². The first kappa shape index (κ1) is 20.4. The maximum Gasteiger partial charge on any atom is 0.230 e. The van der Waals surface area contributed by atoms with Crippen molar-refractivity contribution in [3.05, 3.63) is 89.6 Å². The van der Waals surface area contributed by atoms with E-state index in [0.29, 0.717) is 11.6 Å². The fourth-order valence-electron chi connectivity index (χ4n) is 3.99. The number of pyridine rings is 1. The Kier molecular flexibility index (Phi) is 6.65. The lowest BCUT2D eigenvalue weighted by molar-refractivity contribution is -0.123. The van der Waals surface area contributed by atoms with E-state index in [9.17, 15) is 4.79 Å². The van der Waals surface area contributed by atoms with Gasteiger partial charge in [-0.05, 0) is 49.1 Å². The number of para-hydroxylation sites is 1. The number of hydrogen-bond acceptors (Lipinski definition) is 3. The molecule has 2 heterocycles. The molecule has 0 unspecified atom stereocenters. The van der Waals surface area contributed by atoms with Gasteiger partial charge < -0.3 is 9.80 Å². The number of hydrogen-bond donors (Lipinski definition) is 0. The lowest BCUT2D eigenvalue weighted by atomic mass is 9.94. The molecule has 2 aromatic carbocycles. The first-order chi connectivity index (χ1) is 14.7. The molecule has 1 amide bonds. The zero-order chi connectivity index (χ0) is 20.8. The Hall–Kier alpha value is -2.85. The smallest absolute Gasteiger partial charge is 0.230 e. The van der Waals surface area contributed by atoms with Crippen LogP contribution in [0.4, 0.5) is 11.5 Å². The summed E-state index contributed by atoms with van der Waals surface area (Å²) in [6, 6.07) is 24.2. The summed E-state index contributed by atoms with van der Waals surface area (Å²) >= 11 is 5.95. The molecule has 0 saturated carbocycles. The van der Waals surface area contributed by atoms with Crippen LogP contribution in [0.3, 0.4) is 0 Å². The van der Waals surface area contributed by atoms with Gasteiger partial charge in [0.2, 0.25) is 5.91 Å². The molecule has 1 aliphatic heterocycles. The lowest BCUT2D eigenvalue weighted by Gasteiger charge is -2.35. The summed E-state index contributed by atoms with van der Waals surface area (Å²) in [6.45, 7) is 2.34. The third kappa shape index (κ3) is 5.00. The molecule has 0 bridgehead atoms. The minimum Gasteiger partial charge on any atom is -0.357 e. The largest absolute Gasteiger partial charge is 0.357 e. The zero-order valence-corrected chi connectivity index (χ0v) is 17.7. The van der Waals surface area contributed by atoms with Crippen LogP contribution in [0.15, 0.2) is 79.0 Å². The topological polar surface area (TPSA) is 36.4 Å². The van der Waals surface area contributed by atoms with Gasteiger partial charge in [0.05, 0.1) is 5.02 Å². The Bertz CT molecular complexity index is 939.